The van der Waals surface area contributed by atoms with Crippen LogP contribution < -0.4 is 16.0 Å². The summed E-state index contributed by atoms with van der Waals surface area (Å²) in [5, 5.41) is 0. The van der Waals surface area contributed by atoms with Crippen LogP contribution in [0.1, 0.15) is 37.7 Å². The molecule has 1 heterocycles. The van der Waals surface area contributed by atoms with Gasteiger partial charge in [-0.3, -0.25) is 5.84 Å². The van der Waals surface area contributed by atoms with Crippen LogP contribution in [0.4, 0.5) is 0 Å². The molecule has 0 saturated heterocycles. The van der Waals surface area contributed by atoms with Gasteiger partial charge >= 0.3 is 0 Å². The van der Waals surface area contributed by atoms with E-state index >= 15 is 0 Å². The summed E-state index contributed by atoms with van der Waals surface area (Å²) in [4.78, 5) is 4.45. The van der Waals surface area contributed by atoms with Crippen LogP contribution >= 0.6 is 0 Å². The SMILES string of the molecule is CCCn1ccnc1C(NN)c1ccccc1OCC. The summed E-state index contributed by atoms with van der Waals surface area (Å²) < 4.78 is 7.80. The fourth-order valence-electron chi connectivity index (χ4n) is 2.32. The molecule has 0 fully saturated rings. The smallest absolute Gasteiger partial charge is 0.131 e. The molecule has 0 aliphatic carbocycles. The molecule has 0 radical (unpaired) electrons. The molecule has 0 saturated carbocycles. The Morgan fingerprint density at radius 3 is 2.85 bits per heavy atom. The van der Waals surface area contributed by atoms with Crippen LogP contribution in [0.25, 0.3) is 0 Å². The Morgan fingerprint density at radius 1 is 1.35 bits per heavy atom. The molecule has 0 amide bonds. The van der Waals surface area contributed by atoms with Crippen molar-refractivity contribution in [3.05, 3.63) is 48.0 Å². The van der Waals surface area contributed by atoms with Crippen molar-refractivity contribution in [3.8, 4) is 5.75 Å². The predicted molar refractivity (Wildman–Crippen MR) is 79.3 cm³/mol. The normalized spacial score (nSPS) is 12.3. The van der Waals surface area contributed by atoms with Gasteiger partial charge in [0.25, 0.3) is 0 Å². The first kappa shape index (κ1) is 14.6. The molecule has 2 rings (SSSR count). The number of nitrogens with one attached hydrogen (secondary N) is 1. The molecule has 20 heavy (non-hydrogen) atoms. The fourth-order valence-corrected chi connectivity index (χ4v) is 2.32. The van der Waals surface area contributed by atoms with Gasteiger partial charge in [-0.1, -0.05) is 25.1 Å². The van der Waals surface area contributed by atoms with Crippen molar-refractivity contribution in [3.63, 3.8) is 0 Å². The number of imidazole rings is 1. The molecule has 5 nitrogen and oxygen atoms in total. The maximum atomic E-state index is 5.77. The first-order valence-corrected chi connectivity index (χ1v) is 7.00. The Bertz CT molecular complexity index is 538. The van der Waals surface area contributed by atoms with E-state index in [1.807, 2.05) is 37.4 Å². The summed E-state index contributed by atoms with van der Waals surface area (Å²) in [7, 11) is 0. The Labute approximate surface area is 119 Å². The van der Waals surface area contributed by atoms with Crippen LogP contribution in [-0.4, -0.2) is 16.2 Å². The second-order valence-corrected chi connectivity index (χ2v) is 4.55. The molecule has 3 N–H and O–H groups in total. The summed E-state index contributed by atoms with van der Waals surface area (Å²) in [5.74, 6) is 7.51. The van der Waals surface area contributed by atoms with E-state index in [1.54, 1.807) is 6.20 Å². The number of hydrogen-bond acceptors (Lipinski definition) is 4. The van der Waals surface area contributed by atoms with E-state index < -0.39 is 0 Å². The lowest BCUT2D eigenvalue weighted by atomic mass is 10.1. The van der Waals surface area contributed by atoms with Crippen molar-refractivity contribution in [2.75, 3.05) is 6.61 Å². The highest BCUT2D eigenvalue weighted by molar-refractivity contribution is 5.39. The molecule has 108 valence electrons. The number of benzene rings is 1. The van der Waals surface area contributed by atoms with E-state index in [4.69, 9.17) is 10.6 Å². The monoisotopic (exact) mass is 274 g/mol. The molecule has 1 unspecified atom stereocenters. The van der Waals surface area contributed by atoms with E-state index in [2.05, 4.69) is 21.9 Å². The summed E-state index contributed by atoms with van der Waals surface area (Å²) in [6.45, 7) is 5.66. The van der Waals surface area contributed by atoms with Gasteiger partial charge in [0.1, 0.15) is 17.6 Å². The van der Waals surface area contributed by atoms with E-state index in [1.165, 1.54) is 0 Å². The highest BCUT2D eigenvalue weighted by atomic mass is 16.5. The second kappa shape index (κ2) is 7.07. The molecule has 0 spiro atoms. The number of aromatic nitrogens is 2. The highest BCUT2D eigenvalue weighted by Gasteiger charge is 2.21. The molecule has 0 aliphatic heterocycles. The van der Waals surface area contributed by atoms with Gasteiger partial charge in [0, 0.05) is 24.5 Å². The zero-order valence-electron chi connectivity index (χ0n) is 12.0. The molecule has 5 heteroatoms. The summed E-state index contributed by atoms with van der Waals surface area (Å²) >= 11 is 0. The van der Waals surface area contributed by atoms with Crippen LogP contribution in [0.3, 0.4) is 0 Å². The molecule has 2 aromatic rings. The van der Waals surface area contributed by atoms with Crippen molar-refractivity contribution in [1.29, 1.82) is 0 Å². The minimum absolute atomic E-state index is 0.181. The summed E-state index contributed by atoms with van der Waals surface area (Å²) in [6, 6.07) is 7.73. The maximum absolute atomic E-state index is 5.77. The van der Waals surface area contributed by atoms with E-state index in [0.29, 0.717) is 6.61 Å². The minimum Gasteiger partial charge on any atom is -0.494 e. The Kier molecular flexibility index (Phi) is 5.15. The first-order chi connectivity index (χ1) is 9.81. The van der Waals surface area contributed by atoms with Gasteiger partial charge in [0.05, 0.1) is 6.61 Å². The fraction of sp³-hybridized carbons (Fsp3) is 0.400. The summed E-state index contributed by atoms with van der Waals surface area (Å²) in [5.41, 5.74) is 3.86. The number of para-hydroxylation sites is 1. The average molecular weight is 274 g/mol. The standard InChI is InChI=1S/C15H22N4O/c1-3-10-19-11-9-17-15(19)14(18-16)12-7-5-6-8-13(12)20-4-2/h5-9,11,14,18H,3-4,10,16H2,1-2H3. The van der Waals surface area contributed by atoms with E-state index in [9.17, 15) is 0 Å². The Balaban J connectivity index is 2.39. The van der Waals surface area contributed by atoms with E-state index in [0.717, 1.165) is 30.1 Å². The molecule has 1 atom stereocenters. The quantitative estimate of drug-likeness (QED) is 0.600. The number of hydrazine groups is 1. The third-order valence-corrected chi connectivity index (χ3v) is 3.17. The van der Waals surface area contributed by atoms with Crippen LogP contribution in [0.2, 0.25) is 0 Å². The van der Waals surface area contributed by atoms with Crippen LogP contribution in [0.5, 0.6) is 5.75 Å². The zero-order chi connectivity index (χ0) is 14.4. The number of hydrogen-bond donors (Lipinski definition) is 2. The van der Waals surface area contributed by atoms with Crippen molar-refractivity contribution in [1.82, 2.24) is 15.0 Å². The third-order valence-electron chi connectivity index (χ3n) is 3.17. The molecule has 1 aromatic heterocycles. The topological polar surface area (TPSA) is 65.1 Å². The number of rotatable bonds is 7. The van der Waals surface area contributed by atoms with Crippen LogP contribution in [0, 0.1) is 0 Å². The number of nitrogens with two attached hydrogens (primary N) is 1. The van der Waals surface area contributed by atoms with Gasteiger partial charge in [0.15, 0.2) is 0 Å². The number of nitrogens with zero attached hydrogens (tertiary/aromatic N) is 2. The highest BCUT2D eigenvalue weighted by Crippen LogP contribution is 2.28. The lowest BCUT2D eigenvalue weighted by molar-refractivity contribution is 0.332. The lowest BCUT2D eigenvalue weighted by Crippen LogP contribution is -2.31. The third kappa shape index (κ3) is 3.00. The zero-order valence-corrected chi connectivity index (χ0v) is 12.0. The first-order valence-electron chi connectivity index (χ1n) is 7.00. The van der Waals surface area contributed by atoms with Crippen molar-refractivity contribution >= 4 is 0 Å². The van der Waals surface area contributed by atoms with Crippen LogP contribution in [-0.2, 0) is 6.54 Å². The van der Waals surface area contributed by atoms with Gasteiger partial charge in [-0.2, -0.15) is 0 Å². The van der Waals surface area contributed by atoms with Crippen molar-refractivity contribution in [2.45, 2.75) is 32.9 Å². The van der Waals surface area contributed by atoms with Gasteiger partial charge in [-0.05, 0) is 19.4 Å². The van der Waals surface area contributed by atoms with Gasteiger partial charge in [-0.15, -0.1) is 0 Å². The molecular formula is C15H22N4O. The Hall–Kier alpha value is -1.85. The molecule has 1 aromatic carbocycles. The van der Waals surface area contributed by atoms with Gasteiger partial charge < -0.3 is 9.30 Å². The predicted octanol–water partition coefficient (Wildman–Crippen LogP) is 2.24. The molecule has 0 aliphatic rings. The largest absolute Gasteiger partial charge is 0.494 e. The number of aryl methyl sites for hydroxylation is 1. The average Bonchev–Trinajstić information content (AvgIpc) is 2.91. The van der Waals surface area contributed by atoms with Crippen LogP contribution in [0.15, 0.2) is 36.7 Å². The summed E-state index contributed by atoms with van der Waals surface area (Å²) in [6.07, 6.45) is 4.83. The maximum Gasteiger partial charge on any atom is 0.131 e. The second-order valence-electron chi connectivity index (χ2n) is 4.55. The van der Waals surface area contributed by atoms with Gasteiger partial charge in [-0.25, -0.2) is 10.4 Å². The van der Waals surface area contributed by atoms with E-state index in [-0.39, 0.29) is 6.04 Å². The van der Waals surface area contributed by atoms with Gasteiger partial charge in [0.2, 0.25) is 0 Å². The Morgan fingerprint density at radius 2 is 2.15 bits per heavy atom. The minimum atomic E-state index is -0.181. The van der Waals surface area contributed by atoms with Crippen molar-refractivity contribution in [2.24, 2.45) is 5.84 Å². The lowest BCUT2D eigenvalue weighted by Gasteiger charge is -2.20. The number of ether oxygens (including phenoxy) is 1. The van der Waals surface area contributed by atoms with Crippen molar-refractivity contribution < 1.29 is 4.74 Å². The molecular weight excluding hydrogens is 252 g/mol. The molecule has 0 bridgehead atoms.